The van der Waals surface area contributed by atoms with Crippen LogP contribution in [-0.4, -0.2) is 30.6 Å². The summed E-state index contributed by atoms with van der Waals surface area (Å²) in [6, 6.07) is 0. The smallest absolute Gasteiger partial charge is 0.360 e. The number of esters is 1. The van der Waals surface area contributed by atoms with Gasteiger partial charge in [0.1, 0.15) is 6.26 Å². The lowest BCUT2D eigenvalue weighted by atomic mass is 10.00. The van der Waals surface area contributed by atoms with Gasteiger partial charge in [0.05, 0.1) is 6.61 Å². The van der Waals surface area contributed by atoms with E-state index in [1.54, 1.807) is 6.92 Å². The topological polar surface area (TPSA) is 64.4 Å². The first-order valence-corrected chi connectivity index (χ1v) is 5.64. The second kappa shape index (κ2) is 5.12. The van der Waals surface area contributed by atoms with E-state index in [-0.39, 0.29) is 11.6 Å². The van der Waals surface area contributed by atoms with Crippen molar-refractivity contribution in [3.05, 3.63) is 17.8 Å². The molecule has 16 heavy (non-hydrogen) atoms. The number of ether oxygens (including phenoxy) is 1. The molecule has 1 aliphatic rings. The first-order valence-electron chi connectivity index (χ1n) is 5.64. The van der Waals surface area contributed by atoms with Crippen molar-refractivity contribution in [2.45, 2.75) is 25.7 Å². The molecular weight excluding hydrogens is 208 g/mol. The van der Waals surface area contributed by atoms with Crippen LogP contribution >= 0.6 is 0 Å². The molecule has 1 aromatic heterocycles. The van der Waals surface area contributed by atoms with Crippen LogP contribution in [0.4, 0.5) is 0 Å². The Morgan fingerprint density at radius 1 is 1.75 bits per heavy atom. The summed E-state index contributed by atoms with van der Waals surface area (Å²) in [4.78, 5) is 15.6. The average molecular weight is 224 g/mol. The molecule has 2 rings (SSSR count). The van der Waals surface area contributed by atoms with Gasteiger partial charge in [-0.2, -0.15) is 0 Å². The molecule has 2 heterocycles. The van der Waals surface area contributed by atoms with E-state index in [0.29, 0.717) is 12.5 Å². The summed E-state index contributed by atoms with van der Waals surface area (Å²) < 4.78 is 10.2. The first kappa shape index (κ1) is 11.1. The van der Waals surface area contributed by atoms with E-state index < -0.39 is 5.97 Å². The number of rotatable bonds is 3. The van der Waals surface area contributed by atoms with Gasteiger partial charge in [0.2, 0.25) is 0 Å². The SMILES string of the molecule is CCOC(=O)c1coc(C2CCCNC2)n1. The van der Waals surface area contributed by atoms with Gasteiger partial charge in [-0.25, -0.2) is 9.78 Å². The summed E-state index contributed by atoms with van der Waals surface area (Å²) in [6.45, 7) is 4.03. The van der Waals surface area contributed by atoms with E-state index in [9.17, 15) is 4.79 Å². The fourth-order valence-corrected chi connectivity index (χ4v) is 1.84. The van der Waals surface area contributed by atoms with E-state index in [4.69, 9.17) is 9.15 Å². The zero-order valence-electron chi connectivity index (χ0n) is 9.36. The summed E-state index contributed by atoms with van der Waals surface area (Å²) in [5.74, 6) is 0.494. The van der Waals surface area contributed by atoms with Crippen LogP contribution in [0.15, 0.2) is 10.7 Å². The number of hydrogen-bond acceptors (Lipinski definition) is 5. The molecule has 0 aromatic carbocycles. The van der Waals surface area contributed by atoms with Gasteiger partial charge < -0.3 is 14.5 Å². The minimum absolute atomic E-state index is 0.266. The van der Waals surface area contributed by atoms with E-state index in [1.165, 1.54) is 6.26 Å². The monoisotopic (exact) mass is 224 g/mol. The number of nitrogens with zero attached hydrogens (tertiary/aromatic N) is 1. The van der Waals surface area contributed by atoms with Crippen LogP contribution in [-0.2, 0) is 4.74 Å². The quantitative estimate of drug-likeness (QED) is 0.784. The zero-order valence-corrected chi connectivity index (χ0v) is 9.36. The van der Waals surface area contributed by atoms with E-state index in [0.717, 1.165) is 25.9 Å². The van der Waals surface area contributed by atoms with Crippen LogP contribution in [0.25, 0.3) is 0 Å². The van der Waals surface area contributed by atoms with Crippen LogP contribution in [0.5, 0.6) is 0 Å². The van der Waals surface area contributed by atoms with Crippen LogP contribution in [0.1, 0.15) is 42.1 Å². The second-order valence-corrected chi connectivity index (χ2v) is 3.83. The summed E-state index contributed by atoms with van der Waals surface area (Å²) >= 11 is 0. The van der Waals surface area contributed by atoms with E-state index in [1.807, 2.05) is 0 Å². The molecule has 1 aliphatic heterocycles. The normalized spacial score (nSPS) is 20.7. The molecule has 1 fully saturated rings. The van der Waals surface area contributed by atoms with Gasteiger partial charge in [-0.15, -0.1) is 0 Å². The largest absolute Gasteiger partial charge is 0.461 e. The predicted octanol–water partition coefficient (Wildman–Crippen LogP) is 1.32. The lowest BCUT2D eigenvalue weighted by Gasteiger charge is -2.19. The number of carbonyl (C=O) groups is 1. The highest BCUT2D eigenvalue weighted by atomic mass is 16.5. The molecule has 1 N–H and O–H groups in total. The molecule has 0 spiro atoms. The van der Waals surface area contributed by atoms with Crippen molar-refractivity contribution in [3.63, 3.8) is 0 Å². The van der Waals surface area contributed by atoms with Gasteiger partial charge in [-0.05, 0) is 26.3 Å². The minimum Gasteiger partial charge on any atom is -0.461 e. The second-order valence-electron chi connectivity index (χ2n) is 3.83. The van der Waals surface area contributed by atoms with E-state index in [2.05, 4.69) is 10.3 Å². The van der Waals surface area contributed by atoms with Crippen molar-refractivity contribution in [1.82, 2.24) is 10.3 Å². The number of oxazole rings is 1. The number of hydrogen-bond donors (Lipinski definition) is 1. The molecule has 1 aromatic rings. The number of aromatic nitrogens is 1. The summed E-state index contributed by atoms with van der Waals surface area (Å²) in [6.07, 6.45) is 3.54. The Kier molecular flexibility index (Phi) is 3.56. The molecule has 88 valence electrons. The van der Waals surface area contributed by atoms with Crippen molar-refractivity contribution in [2.24, 2.45) is 0 Å². The standard InChI is InChI=1S/C11H16N2O3/c1-2-15-11(14)9-7-16-10(13-9)8-4-3-5-12-6-8/h7-8,12H,2-6H2,1H3. The van der Waals surface area contributed by atoms with Gasteiger partial charge >= 0.3 is 5.97 Å². The Balaban J connectivity index is 2.03. The van der Waals surface area contributed by atoms with Crippen LogP contribution in [0.3, 0.4) is 0 Å². The first-order chi connectivity index (χ1) is 7.81. The molecule has 0 aliphatic carbocycles. The summed E-state index contributed by atoms with van der Waals surface area (Å²) in [7, 11) is 0. The lowest BCUT2D eigenvalue weighted by molar-refractivity contribution is 0.0519. The van der Waals surface area contributed by atoms with Crippen molar-refractivity contribution in [1.29, 1.82) is 0 Å². The Labute approximate surface area is 94.2 Å². The van der Waals surface area contributed by atoms with Gasteiger partial charge in [0, 0.05) is 12.5 Å². The molecule has 5 nitrogen and oxygen atoms in total. The van der Waals surface area contributed by atoms with Gasteiger partial charge in [0.15, 0.2) is 11.6 Å². The van der Waals surface area contributed by atoms with Crippen LogP contribution in [0, 0.1) is 0 Å². The van der Waals surface area contributed by atoms with Crippen LogP contribution in [0.2, 0.25) is 0 Å². The van der Waals surface area contributed by atoms with Crippen molar-refractivity contribution in [2.75, 3.05) is 19.7 Å². The maximum atomic E-state index is 11.4. The molecule has 1 saturated heterocycles. The summed E-state index contributed by atoms with van der Waals surface area (Å²) in [5, 5.41) is 3.28. The molecule has 0 amide bonds. The highest BCUT2D eigenvalue weighted by Gasteiger charge is 2.22. The molecule has 1 unspecified atom stereocenters. The number of piperidine rings is 1. The number of nitrogens with one attached hydrogen (secondary N) is 1. The Morgan fingerprint density at radius 3 is 3.31 bits per heavy atom. The van der Waals surface area contributed by atoms with E-state index >= 15 is 0 Å². The molecule has 0 bridgehead atoms. The zero-order chi connectivity index (χ0) is 11.4. The fourth-order valence-electron chi connectivity index (χ4n) is 1.84. The van der Waals surface area contributed by atoms with Crippen LogP contribution < -0.4 is 5.32 Å². The third kappa shape index (κ3) is 2.41. The third-order valence-corrected chi connectivity index (χ3v) is 2.65. The molecular formula is C11H16N2O3. The average Bonchev–Trinajstić information content (AvgIpc) is 2.80. The van der Waals surface area contributed by atoms with Gasteiger partial charge in [-0.3, -0.25) is 0 Å². The van der Waals surface area contributed by atoms with Crippen molar-refractivity contribution in [3.8, 4) is 0 Å². The highest BCUT2D eigenvalue weighted by molar-refractivity contribution is 5.86. The van der Waals surface area contributed by atoms with Gasteiger partial charge in [0.25, 0.3) is 0 Å². The molecule has 0 radical (unpaired) electrons. The third-order valence-electron chi connectivity index (χ3n) is 2.65. The fraction of sp³-hybridized carbons (Fsp3) is 0.636. The summed E-state index contributed by atoms with van der Waals surface area (Å²) in [5.41, 5.74) is 0.266. The van der Waals surface area contributed by atoms with Crippen molar-refractivity contribution >= 4 is 5.97 Å². The predicted molar refractivity (Wildman–Crippen MR) is 57.3 cm³/mol. The molecule has 5 heteroatoms. The van der Waals surface area contributed by atoms with Crippen molar-refractivity contribution < 1.29 is 13.9 Å². The number of carbonyl (C=O) groups excluding carboxylic acids is 1. The molecule has 1 atom stereocenters. The lowest BCUT2D eigenvalue weighted by Crippen LogP contribution is -2.28. The maximum absolute atomic E-state index is 11.4. The maximum Gasteiger partial charge on any atom is 0.360 e. The Morgan fingerprint density at radius 2 is 2.62 bits per heavy atom. The Hall–Kier alpha value is -1.36. The minimum atomic E-state index is -0.415. The highest BCUT2D eigenvalue weighted by Crippen LogP contribution is 2.22. The molecule has 0 saturated carbocycles. The van der Waals surface area contributed by atoms with Gasteiger partial charge in [-0.1, -0.05) is 0 Å². The Bertz CT molecular complexity index is 356.